The number of nitrogens with zero attached hydrogens (tertiary/aromatic N) is 5. The molecule has 6 aromatic rings. The van der Waals surface area contributed by atoms with Crippen molar-refractivity contribution >= 4 is 116 Å². The van der Waals surface area contributed by atoms with E-state index in [0.717, 1.165) is 24.7 Å². The number of nitrogen functional groups attached to an aromatic ring is 1. The lowest BCUT2D eigenvalue weighted by molar-refractivity contribution is -0.372. The third-order valence-corrected chi connectivity index (χ3v) is 27.5. The van der Waals surface area contributed by atoms with Crippen molar-refractivity contribution in [1.29, 1.82) is 0 Å². The Kier molecular flexibility index (Phi) is 40.9. The fraction of sp³-hybridized carbons (Fsp3) is 0.573. The number of aromatic nitrogens is 6. The molecule has 4 unspecified atom stereocenters. The number of imidazole rings is 1. The van der Waals surface area contributed by atoms with Gasteiger partial charge >= 0.3 is 24.1 Å². The van der Waals surface area contributed by atoms with E-state index >= 15 is 4.79 Å². The molecule has 11 rings (SSSR count). The number of aliphatic hydroxyl groups is 10. The molecule has 2 aromatic carbocycles. The number of halogens is 3. The zero-order chi connectivity index (χ0) is 109. The number of phenols is 2. The number of ether oxygens (including phenoxy) is 9. The number of carbonyl (C=O) groups is 13. The van der Waals surface area contributed by atoms with Gasteiger partial charge in [-0.25, -0.2) is 29.7 Å². The second-order valence-corrected chi connectivity index (χ2v) is 39.7. The number of nitrogens with one attached hydrogen (secondary N) is 8. The van der Waals surface area contributed by atoms with Crippen molar-refractivity contribution in [1.82, 2.24) is 67.1 Å². The smallest absolute Gasteiger partial charge is 0.471 e. The molecule has 5 aliphatic rings. The van der Waals surface area contributed by atoms with Crippen LogP contribution < -0.4 is 70.6 Å². The molecule has 25 atom stereocenters. The maximum absolute atomic E-state index is 15.2. The Hall–Kier alpha value is -11.9. The molecular formula is C89H120F3N18O34S3+. The molecule has 0 radical (unpaired) electrons. The van der Waals surface area contributed by atoms with Gasteiger partial charge in [-0.05, 0) is 51.1 Å². The second kappa shape index (κ2) is 51.4. The molecule has 147 heavy (non-hydrogen) atoms. The van der Waals surface area contributed by atoms with E-state index in [2.05, 4.69) is 74.3 Å². The number of H-pyrrole nitrogens is 1. The summed E-state index contributed by atoms with van der Waals surface area (Å²) in [6.45, 7) is 5.38. The lowest BCUT2D eigenvalue weighted by atomic mass is 9.72. The molecule has 2 aliphatic carbocycles. The van der Waals surface area contributed by atoms with E-state index < -0.39 is 303 Å². The lowest BCUT2D eigenvalue weighted by Crippen LogP contribution is -2.65. The first kappa shape index (κ1) is 117. The van der Waals surface area contributed by atoms with E-state index in [1.807, 2.05) is 6.92 Å². The van der Waals surface area contributed by atoms with Gasteiger partial charge in [-0.3, -0.25) is 57.5 Å². The van der Waals surface area contributed by atoms with Crippen molar-refractivity contribution in [2.45, 2.75) is 252 Å². The Balaban J connectivity index is 0.000000362. The number of ketones is 3. The van der Waals surface area contributed by atoms with Crippen LogP contribution in [0.3, 0.4) is 0 Å². The van der Waals surface area contributed by atoms with Crippen molar-refractivity contribution in [3.05, 3.63) is 108 Å². The zero-order valence-electron chi connectivity index (χ0n) is 80.5. The van der Waals surface area contributed by atoms with Crippen LogP contribution in [-0.2, 0) is 100.0 Å². The Labute approximate surface area is 845 Å². The van der Waals surface area contributed by atoms with Crippen molar-refractivity contribution in [2.75, 3.05) is 70.6 Å². The quantitative estimate of drug-likeness (QED) is 0.00734. The van der Waals surface area contributed by atoms with Crippen molar-refractivity contribution in [2.24, 2.45) is 28.9 Å². The number of aliphatic hydroxyl groups excluding tert-OH is 9. The van der Waals surface area contributed by atoms with E-state index in [-0.39, 0.29) is 99.3 Å². The predicted octanol–water partition coefficient (Wildman–Crippen LogP) is -5.24. The normalized spacial score (nSPS) is 24.6. The number of anilines is 1. The first-order valence-corrected chi connectivity index (χ1v) is 49.9. The van der Waals surface area contributed by atoms with Crippen LogP contribution in [-0.4, -0.2) is 367 Å². The van der Waals surface area contributed by atoms with Crippen LogP contribution in [0.25, 0.3) is 10.7 Å². The van der Waals surface area contributed by atoms with E-state index in [9.17, 15) is 132 Å². The van der Waals surface area contributed by atoms with Gasteiger partial charge in [0.25, 0.3) is 11.8 Å². The largest absolute Gasteiger partial charge is 0.507 e. The van der Waals surface area contributed by atoms with Gasteiger partial charge in [0.05, 0.1) is 127 Å². The number of nitrogens with two attached hydrogens (primary N) is 5. The number of fused-ring (bicyclic) bond motifs is 3. The van der Waals surface area contributed by atoms with Crippen molar-refractivity contribution in [3.63, 3.8) is 0 Å². The minimum Gasteiger partial charge on any atom is -0.507 e. The van der Waals surface area contributed by atoms with Crippen molar-refractivity contribution in [3.8, 4) is 28.0 Å². The van der Waals surface area contributed by atoms with Crippen LogP contribution >= 0.6 is 22.7 Å². The number of alkyl halides is 3. The second-order valence-electron chi connectivity index (χ2n) is 35.5. The number of phenolic OH excluding ortho intramolecular Hbond substituents is 2. The predicted molar refractivity (Wildman–Crippen MR) is 504 cm³/mol. The Morgan fingerprint density at radius 1 is 0.769 bits per heavy atom. The number of esters is 1. The minimum absolute atomic E-state index is 0.00489. The van der Waals surface area contributed by atoms with Crippen LogP contribution in [0.4, 0.5) is 23.8 Å². The lowest BCUT2D eigenvalue weighted by Gasteiger charge is -2.47. The molecule has 808 valence electrons. The first-order chi connectivity index (χ1) is 69.3. The minimum atomic E-state index is -5.29. The number of unbranched alkanes of at least 4 members (excludes halogenated alkanes) is 1. The van der Waals surface area contributed by atoms with Gasteiger partial charge in [0, 0.05) is 97.6 Å². The standard InChI is InChI=1S/C55H83N17O21S3.C34H36F3NO13/c1-20-33(69-46(72-44(20)58)25(12-31(57)76)64-13-24(56)45(59)82)50(86)71-35(41(26-14-61-19-65-26)91-54-43(39(80)37(78)29(15-73)90-54)92-53-40(81)42(93-55(60)88)38(79)30(16-74)89-53)51(87)66-22(3)36(77)21(2)47(83)70-34(23(4)75)49(85)63-10-8-32-67-28(18-94-32)52-68-27(17-95-52)48(84)62-9-7-11-96(5)6;1-4-5-9-21(40)49-13-20(39)33(47)11-16-24(19(12-33)51-22-10-17(27(41)14(2)50-22)38-32(46)34(35,36)37)31(45)26-25(29(16)43)28(42)15-7-6-8-18(48-3)23(15)30(26)44/h14,17-19,21-25,29-30,34-43,53-54,64,73-75,77-81H,7-13,15-16,56H2,1-6H3,(H13-,57,58,59,60,61,62,63,65,66,69,70,71,72,76,82,83,84,85,86,87,88);6-8,14,17,19,22,27,41,43,45,47H,4-5,9-13H2,1-3H3,(H,38,46)/p+1/t21-,22+,23+,24-,25-,29-,30-,34-,35-,36-,37-,38-,39+,40-,41-,42+,43-,53-,54-;14?,17?,19-,22?,27?,33-/m00/s1. The molecule has 3 aliphatic heterocycles. The number of rotatable bonds is 45. The van der Waals surface area contributed by atoms with Crippen LogP contribution in [0, 0.1) is 12.8 Å². The molecule has 3 saturated heterocycles. The van der Waals surface area contributed by atoms with Gasteiger partial charge in [-0.2, -0.15) is 13.2 Å². The average Bonchev–Trinajstić information content (AvgIpc) is 0.926. The monoisotopic (exact) mass is 2140 g/mol. The van der Waals surface area contributed by atoms with Crippen LogP contribution in [0.15, 0.2) is 41.5 Å². The third kappa shape index (κ3) is 28.6. The summed E-state index contributed by atoms with van der Waals surface area (Å²) in [6.07, 6.45) is -32.3. The summed E-state index contributed by atoms with van der Waals surface area (Å²) in [5.41, 5.74) is 23.2. The molecule has 4 aromatic heterocycles. The number of aromatic amines is 1. The molecule has 3 fully saturated rings. The molecule has 30 N–H and O–H groups in total. The Morgan fingerprint density at radius 2 is 1.46 bits per heavy atom. The number of methoxy groups -OCH3 is 1. The summed E-state index contributed by atoms with van der Waals surface area (Å²) in [4.78, 5) is 196. The van der Waals surface area contributed by atoms with Gasteiger partial charge in [-0.15, -0.1) is 22.7 Å². The van der Waals surface area contributed by atoms with E-state index in [1.165, 1.54) is 82.6 Å². The van der Waals surface area contributed by atoms with Gasteiger partial charge in [-0.1, -0.05) is 32.4 Å². The van der Waals surface area contributed by atoms with Crippen molar-refractivity contribution < 1.29 is 179 Å². The number of primary amides is 3. The first-order valence-electron chi connectivity index (χ1n) is 45.9. The highest BCUT2D eigenvalue weighted by molar-refractivity contribution is 7.95. The number of Topliss-reactive ketones (excluding diaryl/α,β-unsaturated/α-hetero) is 1. The summed E-state index contributed by atoms with van der Waals surface area (Å²) >= 11 is 2.52. The topological polar surface area (TPSA) is 842 Å². The molecule has 7 heterocycles. The average molecular weight is 2140 g/mol. The van der Waals surface area contributed by atoms with Gasteiger partial charge < -0.3 is 175 Å². The zero-order valence-corrected chi connectivity index (χ0v) is 83.0. The van der Waals surface area contributed by atoms with E-state index in [4.69, 9.17) is 71.3 Å². The highest BCUT2D eigenvalue weighted by atomic mass is 32.2. The molecule has 52 nitrogen and oxygen atoms in total. The molecule has 58 heteroatoms. The Bertz CT molecular complexity index is 5720. The number of aromatic hydroxyl groups is 2. The maximum Gasteiger partial charge on any atom is 0.471 e. The molecule has 0 bridgehead atoms. The fourth-order valence-electron chi connectivity index (χ4n) is 16.4. The van der Waals surface area contributed by atoms with Gasteiger partial charge in [0.2, 0.25) is 41.1 Å². The number of amides is 9. The van der Waals surface area contributed by atoms with Crippen LogP contribution in [0.1, 0.15) is 184 Å². The molecular weight excluding hydrogens is 2020 g/mol. The summed E-state index contributed by atoms with van der Waals surface area (Å²) < 4.78 is 89.9. The fourth-order valence-corrected chi connectivity index (χ4v) is 18.8. The number of thiazole rings is 2. The van der Waals surface area contributed by atoms with E-state index in [0.29, 0.717) is 35.1 Å². The maximum atomic E-state index is 15.2. The molecule has 9 amide bonds. The molecule has 0 spiro atoms. The molecule has 0 saturated carbocycles. The number of benzene rings is 2. The van der Waals surface area contributed by atoms with Crippen LogP contribution in [0.5, 0.6) is 17.2 Å². The number of carbonyl (C=O) groups excluding carboxylic acids is 13. The third-order valence-electron chi connectivity index (χ3n) is 24.6. The number of hydrogen-bond acceptors (Lipinski definition) is 44. The highest BCUT2D eigenvalue weighted by Gasteiger charge is 2.56. The number of hydrogen-bond donors (Lipinski definition) is 25. The summed E-state index contributed by atoms with van der Waals surface area (Å²) in [5.74, 6) is -15.3. The van der Waals surface area contributed by atoms with Gasteiger partial charge in [0.15, 0.2) is 37.4 Å². The van der Waals surface area contributed by atoms with E-state index in [1.54, 1.807) is 16.1 Å². The summed E-state index contributed by atoms with van der Waals surface area (Å²) in [7, 11) is 1.51. The summed E-state index contributed by atoms with van der Waals surface area (Å²) in [5, 5.41) is 155. The SMILES string of the molecule is CCCCC(=O)OCC(=O)[C@]1(O)Cc2c(O)c3c(c(O)c2[C@@H](OC2CC(NC(=O)C(F)(F)F)C(O)C(C)O2)C1)C(=O)c1c(OC)cccc1C3=O.Cc1c(N)nc([C@H](CC(N)=O)NC[C@H](N)C(N)=O)nc1C(=O)N[C@H](C(=O)N[C@H](C)[C@@H](O)[C@H](C)C(=O)N[C@H](C(=O)NCCc1nc(-c2nc(C(=O)NCCC[S+](C)C)cs2)cs1)[C@@H](C)O)[C@@H](O[C@@H]1O[C@@H](CO)[C@H](O)[C@@H](O)[C@@H]1O[C@@H]1O[C@@H](CO)[C@H](O)[C@@H](OC(N)=O)[C@@H]1O)c1cnc[nH]1. The highest BCUT2D eigenvalue weighted by Crippen LogP contribution is 2.53. The van der Waals surface area contributed by atoms with Crippen LogP contribution in [0.2, 0.25) is 0 Å². The van der Waals surface area contributed by atoms with Gasteiger partial charge in [0.1, 0.15) is 129 Å². The summed E-state index contributed by atoms with van der Waals surface area (Å²) in [6, 6.07) is -5.27. The Morgan fingerprint density at radius 3 is 2.09 bits per heavy atom.